The van der Waals surface area contributed by atoms with Crippen molar-refractivity contribution in [1.82, 2.24) is 4.98 Å². The molecule has 1 aromatic rings. The van der Waals surface area contributed by atoms with E-state index in [4.69, 9.17) is 0 Å². The Labute approximate surface area is 95.1 Å². The van der Waals surface area contributed by atoms with Crippen LogP contribution in [-0.2, 0) is 10.0 Å². The molecule has 1 heterocycles. The molecule has 2 rings (SSSR count). The summed E-state index contributed by atoms with van der Waals surface area (Å²) in [5.74, 6) is 0. The molecular formula is C8H9BrN2O3S. The number of hydrogen-bond donors (Lipinski definition) is 2. The second-order valence-corrected chi connectivity index (χ2v) is 6.21. The molecule has 7 heteroatoms. The largest absolute Gasteiger partial charge is 0.315 e. The lowest BCUT2D eigenvalue weighted by molar-refractivity contribution is 0.600. The van der Waals surface area contributed by atoms with Crippen LogP contribution >= 0.6 is 15.9 Å². The van der Waals surface area contributed by atoms with E-state index < -0.39 is 15.6 Å². The fraction of sp³-hybridized carbons (Fsp3) is 0.375. The summed E-state index contributed by atoms with van der Waals surface area (Å²) >= 11 is 3.08. The minimum absolute atomic E-state index is 0.0603. The molecule has 1 saturated carbocycles. The highest BCUT2D eigenvalue weighted by Crippen LogP contribution is 2.29. The Morgan fingerprint density at radius 1 is 1.40 bits per heavy atom. The lowest BCUT2D eigenvalue weighted by atomic mass is 10.4. The minimum Gasteiger partial charge on any atom is -0.315 e. The summed E-state index contributed by atoms with van der Waals surface area (Å²) in [5.41, 5.74) is -0.390. The van der Waals surface area contributed by atoms with Crippen LogP contribution in [0.1, 0.15) is 12.8 Å². The maximum absolute atomic E-state index is 11.5. The molecule has 1 aromatic heterocycles. The van der Waals surface area contributed by atoms with Crippen molar-refractivity contribution >= 4 is 31.6 Å². The normalized spacial score (nSPS) is 16.3. The van der Waals surface area contributed by atoms with Crippen LogP contribution in [0.2, 0.25) is 0 Å². The van der Waals surface area contributed by atoms with Crippen molar-refractivity contribution in [3.8, 4) is 0 Å². The molecule has 0 radical (unpaired) electrons. The third kappa shape index (κ3) is 2.40. The van der Waals surface area contributed by atoms with Crippen LogP contribution in [0.25, 0.3) is 0 Å². The van der Waals surface area contributed by atoms with Crippen molar-refractivity contribution in [2.75, 3.05) is 4.72 Å². The van der Waals surface area contributed by atoms with Crippen LogP contribution in [-0.4, -0.2) is 18.7 Å². The number of rotatable bonds is 3. The van der Waals surface area contributed by atoms with Gasteiger partial charge in [0, 0.05) is 0 Å². The van der Waals surface area contributed by atoms with Gasteiger partial charge in [-0.2, -0.15) is 0 Å². The SMILES string of the molecule is O=c1[nH]c(Br)ccc1NS(=O)(=O)C1CC1. The lowest BCUT2D eigenvalue weighted by Crippen LogP contribution is -2.22. The first-order valence-corrected chi connectivity index (χ1v) is 6.73. The number of hydrogen-bond acceptors (Lipinski definition) is 3. The van der Waals surface area contributed by atoms with Gasteiger partial charge in [0.1, 0.15) is 5.69 Å². The quantitative estimate of drug-likeness (QED) is 0.817. The fourth-order valence-corrected chi connectivity index (χ4v) is 2.85. The Balaban J connectivity index is 2.28. The van der Waals surface area contributed by atoms with Crippen molar-refractivity contribution in [2.45, 2.75) is 18.1 Å². The van der Waals surface area contributed by atoms with Gasteiger partial charge in [-0.3, -0.25) is 9.52 Å². The number of sulfonamides is 1. The highest BCUT2D eigenvalue weighted by atomic mass is 79.9. The van der Waals surface area contributed by atoms with Gasteiger partial charge in [0.15, 0.2) is 0 Å². The molecule has 0 aliphatic heterocycles. The highest BCUT2D eigenvalue weighted by molar-refractivity contribution is 9.10. The number of H-pyrrole nitrogens is 1. The molecule has 15 heavy (non-hydrogen) atoms. The van der Waals surface area contributed by atoms with Crippen molar-refractivity contribution < 1.29 is 8.42 Å². The van der Waals surface area contributed by atoms with E-state index in [9.17, 15) is 13.2 Å². The Morgan fingerprint density at radius 3 is 2.60 bits per heavy atom. The molecule has 1 aliphatic rings. The maximum Gasteiger partial charge on any atom is 0.273 e. The summed E-state index contributed by atoms with van der Waals surface area (Å²) in [6.07, 6.45) is 1.34. The zero-order chi connectivity index (χ0) is 11.1. The predicted octanol–water partition coefficient (Wildman–Crippen LogP) is 1.04. The summed E-state index contributed by atoms with van der Waals surface area (Å²) < 4.78 is 25.8. The molecule has 0 amide bonds. The smallest absolute Gasteiger partial charge is 0.273 e. The van der Waals surface area contributed by atoms with Gasteiger partial charge in [0.25, 0.3) is 5.56 Å². The van der Waals surface area contributed by atoms with E-state index >= 15 is 0 Å². The standard InChI is InChI=1S/C8H9BrN2O3S/c9-7-4-3-6(8(12)10-7)11-15(13,14)5-1-2-5/h3-5,11H,1-2H2,(H,10,12). The topological polar surface area (TPSA) is 79.0 Å². The van der Waals surface area contributed by atoms with Crippen LogP contribution in [0, 0.1) is 0 Å². The summed E-state index contributed by atoms with van der Waals surface area (Å²) in [4.78, 5) is 13.8. The molecule has 82 valence electrons. The molecule has 0 unspecified atom stereocenters. The van der Waals surface area contributed by atoms with E-state index in [-0.39, 0.29) is 10.9 Å². The molecule has 0 atom stereocenters. The van der Waals surface area contributed by atoms with Crippen LogP contribution in [0.4, 0.5) is 5.69 Å². The van der Waals surface area contributed by atoms with Gasteiger partial charge in [-0.05, 0) is 40.9 Å². The van der Waals surface area contributed by atoms with Gasteiger partial charge >= 0.3 is 0 Å². The minimum atomic E-state index is -3.36. The zero-order valence-electron chi connectivity index (χ0n) is 7.66. The molecule has 0 spiro atoms. The fourth-order valence-electron chi connectivity index (χ4n) is 1.14. The summed E-state index contributed by atoms with van der Waals surface area (Å²) in [6.45, 7) is 0. The van der Waals surface area contributed by atoms with Crippen molar-refractivity contribution in [3.63, 3.8) is 0 Å². The van der Waals surface area contributed by atoms with Crippen LogP contribution < -0.4 is 10.3 Å². The second kappa shape index (κ2) is 3.64. The van der Waals surface area contributed by atoms with Gasteiger partial charge in [0.2, 0.25) is 10.0 Å². The van der Waals surface area contributed by atoms with Crippen molar-refractivity contribution in [2.24, 2.45) is 0 Å². The van der Waals surface area contributed by atoms with E-state index in [1.807, 2.05) is 0 Å². The third-order valence-corrected chi connectivity index (χ3v) is 4.41. The Kier molecular flexibility index (Phi) is 2.59. The van der Waals surface area contributed by atoms with Gasteiger partial charge in [-0.1, -0.05) is 0 Å². The number of anilines is 1. The lowest BCUT2D eigenvalue weighted by Gasteiger charge is -2.05. The number of pyridine rings is 1. The Bertz CT molecular complexity index is 533. The predicted molar refractivity (Wildman–Crippen MR) is 60.3 cm³/mol. The Morgan fingerprint density at radius 2 is 2.07 bits per heavy atom. The number of nitrogens with one attached hydrogen (secondary N) is 2. The number of halogens is 1. The average molecular weight is 293 g/mol. The van der Waals surface area contributed by atoms with E-state index in [0.717, 1.165) is 0 Å². The maximum atomic E-state index is 11.5. The highest BCUT2D eigenvalue weighted by Gasteiger charge is 2.36. The molecule has 1 aliphatic carbocycles. The van der Waals surface area contributed by atoms with Gasteiger partial charge in [-0.15, -0.1) is 0 Å². The molecular weight excluding hydrogens is 284 g/mol. The van der Waals surface area contributed by atoms with Crippen molar-refractivity contribution in [3.05, 3.63) is 27.1 Å². The van der Waals surface area contributed by atoms with E-state index in [1.54, 1.807) is 6.07 Å². The van der Waals surface area contributed by atoms with E-state index in [1.165, 1.54) is 6.07 Å². The molecule has 0 bridgehead atoms. The molecule has 0 saturated heterocycles. The third-order valence-electron chi connectivity index (χ3n) is 2.09. The van der Waals surface area contributed by atoms with E-state index in [0.29, 0.717) is 17.4 Å². The van der Waals surface area contributed by atoms with Gasteiger partial charge in [0.05, 0.1) is 9.85 Å². The first-order valence-electron chi connectivity index (χ1n) is 4.39. The summed E-state index contributed by atoms with van der Waals surface area (Å²) in [6, 6.07) is 3.01. The van der Waals surface area contributed by atoms with E-state index in [2.05, 4.69) is 25.6 Å². The number of aromatic amines is 1. The summed E-state index contributed by atoms with van der Waals surface area (Å²) in [5, 5.41) is -0.333. The second-order valence-electron chi connectivity index (χ2n) is 3.40. The van der Waals surface area contributed by atoms with Gasteiger partial charge in [-0.25, -0.2) is 8.42 Å². The first-order chi connectivity index (χ1) is 6.99. The first kappa shape index (κ1) is 10.7. The summed E-state index contributed by atoms with van der Waals surface area (Å²) in [7, 11) is -3.36. The van der Waals surface area contributed by atoms with Gasteiger partial charge < -0.3 is 4.98 Å². The monoisotopic (exact) mass is 292 g/mol. The van der Waals surface area contributed by atoms with Crippen LogP contribution in [0.3, 0.4) is 0 Å². The molecule has 0 aromatic carbocycles. The molecule has 2 N–H and O–H groups in total. The number of aromatic nitrogens is 1. The zero-order valence-corrected chi connectivity index (χ0v) is 10.1. The van der Waals surface area contributed by atoms with Crippen molar-refractivity contribution in [1.29, 1.82) is 0 Å². The van der Waals surface area contributed by atoms with Crippen LogP contribution in [0.15, 0.2) is 21.5 Å². The molecule has 5 nitrogen and oxygen atoms in total. The average Bonchev–Trinajstić information content (AvgIpc) is 2.92. The molecule has 1 fully saturated rings. The van der Waals surface area contributed by atoms with Crippen LogP contribution in [0.5, 0.6) is 0 Å². The Hall–Kier alpha value is -0.820.